The number of aromatic nitrogens is 2. The van der Waals surface area contributed by atoms with Gasteiger partial charge < -0.3 is 13.6 Å². The number of fused-ring (bicyclic) bond motifs is 2. The molecule has 0 bridgehead atoms. The Morgan fingerprint density at radius 1 is 0.941 bits per heavy atom. The summed E-state index contributed by atoms with van der Waals surface area (Å²) in [7, 11) is 0. The zero-order chi connectivity index (χ0) is 23.8. The van der Waals surface area contributed by atoms with Gasteiger partial charge in [-0.3, -0.25) is 18.7 Å². The van der Waals surface area contributed by atoms with Gasteiger partial charge in [-0.2, -0.15) is 0 Å². The summed E-state index contributed by atoms with van der Waals surface area (Å²) in [6.07, 6.45) is 1.46. The third-order valence-corrected chi connectivity index (χ3v) is 5.82. The van der Waals surface area contributed by atoms with Crippen molar-refractivity contribution in [3.8, 4) is 17.3 Å². The van der Waals surface area contributed by atoms with Crippen molar-refractivity contribution in [2.75, 3.05) is 6.61 Å². The molecule has 0 aliphatic carbocycles. The number of aryl methyl sites for hydroxylation is 2. The highest BCUT2D eigenvalue weighted by Crippen LogP contribution is 2.31. The Bertz CT molecular complexity index is 1640. The third-order valence-electron chi connectivity index (χ3n) is 5.82. The quantitative estimate of drug-likeness (QED) is 0.334. The molecule has 0 saturated carbocycles. The monoisotopic (exact) mass is 458 g/mol. The molecular weight excluding hydrogens is 436 g/mol. The van der Waals surface area contributed by atoms with Crippen molar-refractivity contribution in [2.24, 2.45) is 0 Å². The van der Waals surface area contributed by atoms with Gasteiger partial charge in [0.15, 0.2) is 18.2 Å². The lowest BCUT2D eigenvalue weighted by Crippen LogP contribution is -2.23. The Labute approximate surface area is 193 Å². The van der Waals surface area contributed by atoms with Crippen LogP contribution in [0.25, 0.3) is 33.5 Å². The van der Waals surface area contributed by atoms with Gasteiger partial charge in [0.2, 0.25) is 16.9 Å². The molecule has 3 aromatic heterocycles. The molecule has 0 saturated heterocycles. The first-order valence-electron chi connectivity index (χ1n) is 11.0. The van der Waals surface area contributed by atoms with Crippen molar-refractivity contribution in [3.05, 3.63) is 87.1 Å². The predicted octanol–water partition coefficient (Wildman–Crippen LogP) is 4.47. The van der Waals surface area contributed by atoms with Crippen LogP contribution in [-0.2, 0) is 13.1 Å². The molecule has 34 heavy (non-hydrogen) atoms. The highest BCUT2D eigenvalue weighted by molar-refractivity contribution is 6.00. The smallest absolute Gasteiger partial charge is 0.329 e. The summed E-state index contributed by atoms with van der Waals surface area (Å²) in [5.74, 6) is 0.0151. The van der Waals surface area contributed by atoms with E-state index in [1.807, 2.05) is 13.8 Å². The minimum atomic E-state index is -0.392. The minimum Gasteiger partial charge on any atom is -0.478 e. The van der Waals surface area contributed by atoms with Crippen LogP contribution in [0.2, 0.25) is 0 Å². The fraction of sp³-hybridized carbons (Fsp3) is 0.192. The lowest BCUT2D eigenvalue weighted by Gasteiger charge is -2.10. The first-order valence-corrected chi connectivity index (χ1v) is 11.0. The molecule has 172 valence electrons. The van der Waals surface area contributed by atoms with Crippen LogP contribution in [-0.4, -0.2) is 21.5 Å². The number of nitrogens with zero attached hydrogens (tertiary/aromatic N) is 2. The van der Waals surface area contributed by atoms with Crippen molar-refractivity contribution in [2.45, 2.75) is 26.9 Å². The van der Waals surface area contributed by atoms with E-state index in [2.05, 4.69) is 0 Å². The molecule has 0 atom stereocenters. The number of hydrogen-bond acceptors (Lipinski definition) is 6. The fourth-order valence-corrected chi connectivity index (χ4v) is 4.15. The molecule has 8 heteroatoms. The number of carbonyl (C=O) groups excluding carboxylic acids is 1. The fourth-order valence-electron chi connectivity index (χ4n) is 4.15. The van der Waals surface area contributed by atoms with Gasteiger partial charge in [0, 0.05) is 18.7 Å². The largest absolute Gasteiger partial charge is 0.478 e. The SMILES string of the molecule is CCn1c(=O)n(CC)c2cc(C(=O)COc3c(-c4ccco4)oc4ccccc4c3=O)ccc21. The average Bonchev–Trinajstić information content (AvgIpc) is 3.48. The van der Waals surface area contributed by atoms with Gasteiger partial charge in [0.25, 0.3) is 0 Å². The number of ketones is 1. The Hall–Kier alpha value is -4.33. The molecule has 0 amide bonds. The van der Waals surface area contributed by atoms with Gasteiger partial charge in [0.1, 0.15) is 5.58 Å². The molecule has 0 unspecified atom stereocenters. The van der Waals surface area contributed by atoms with Crippen LogP contribution in [0.1, 0.15) is 24.2 Å². The zero-order valence-corrected chi connectivity index (χ0v) is 18.7. The number of benzene rings is 2. The standard InChI is InChI=1S/C26H22N2O6/c1-3-27-18-12-11-16(14-19(18)28(4-2)26(27)31)20(29)15-33-25-23(30)17-8-5-6-9-21(17)34-24(25)22-10-7-13-32-22/h5-14H,3-4,15H2,1-2H3. The molecular formula is C26H22N2O6. The summed E-state index contributed by atoms with van der Waals surface area (Å²) in [6, 6.07) is 15.2. The number of hydrogen-bond donors (Lipinski definition) is 0. The van der Waals surface area contributed by atoms with Crippen molar-refractivity contribution in [3.63, 3.8) is 0 Å². The second kappa shape index (κ2) is 8.55. The van der Waals surface area contributed by atoms with E-state index in [4.69, 9.17) is 13.6 Å². The van der Waals surface area contributed by atoms with Crippen LogP contribution >= 0.6 is 0 Å². The lowest BCUT2D eigenvalue weighted by atomic mass is 10.1. The molecule has 5 aromatic rings. The number of rotatable bonds is 7. The van der Waals surface area contributed by atoms with Crippen LogP contribution in [0.3, 0.4) is 0 Å². The maximum atomic E-state index is 13.1. The number of para-hydroxylation sites is 1. The highest BCUT2D eigenvalue weighted by atomic mass is 16.5. The summed E-state index contributed by atoms with van der Waals surface area (Å²) in [5, 5.41) is 0.342. The van der Waals surface area contributed by atoms with Crippen LogP contribution in [0.15, 0.2) is 79.3 Å². The molecule has 2 aromatic carbocycles. The van der Waals surface area contributed by atoms with Crippen LogP contribution in [0.4, 0.5) is 0 Å². The number of carbonyl (C=O) groups is 1. The van der Waals surface area contributed by atoms with Gasteiger partial charge in [0.05, 0.1) is 22.7 Å². The highest BCUT2D eigenvalue weighted by Gasteiger charge is 2.21. The molecule has 3 heterocycles. The average molecular weight is 458 g/mol. The maximum Gasteiger partial charge on any atom is 0.329 e. The molecule has 0 fully saturated rings. The third kappa shape index (κ3) is 3.44. The minimum absolute atomic E-state index is 0.0920. The van der Waals surface area contributed by atoms with Gasteiger partial charge in [-0.1, -0.05) is 12.1 Å². The summed E-state index contributed by atoms with van der Waals surface area (Å²) in [5.41, 5.74) is 1.71. The van der Waals surface area contributed by atoms with Crippen molar-refractivity contribution in [1.29, 1.82) is 0 Å². The van der Waals surface area contributed by atoms with E-state index in [-0.39, 0.29) is 29.6 Å². The van der Waals surface area contributed by atoms with Crippen molar-refractivity contribution in [1.82, 2.24) is 9.13 Å². The first kappa shape index (κ1) is 21.5. The predicted molar refractivity (Wildman–Crippen MR) is 128 cm³/mol. The Kier molecular flexibility index (Phi) is 5.41. The van der Waals surface area contributed by atoms with E-state index in [0.717, 1.165) is 5.52 Å². The Morgan fingerprint density at radius 3 is 2.44 bits per heavy atom. The molecule has 8 nitrogen and oxygen atoms in total. The van der Waals surface area contributed by atoms with E-state index in [1.54, 1.807) is 63.7 Å². The summed E-state index contributed by atoms with van der Waals surface area (Å²) >= 11 is 0. The van der Waals surface area contributed by atoms with Gasteiger partial charge >= 0.3 is 5.69 Å². The van der Waals surface area contributed by atoms with Crippen molar-refractivity contribution >= 4 is 27.8 Å². The second-order valence-electron chi connectivity index (χ2n) is 7.75. The zero-order valence-electron chi connectivity index (χ0n) is 18.7. The van der Waals surface area contributed by atoms with E-state index in [9.17, 15) is 14.4 Å². The lowest BCUT2D eigenvalue weighted by molar-refractivity contribution is 0.0920. The van der Waals surface area contributed by atoms with Gasteiger partial charge in [-0.05, 0) is 56.3 Å². The van der Waals surface area contributed by atoms with E-state index in [1.165, 1.54) is 6.26 Å². The van der Waals surface area contributed by atoms with Crippen LogP contribution in [0, 0.1) is 0 Å². The van der Waals surface area contributed by atoms with E-state index >= 15 is 0 Å². The van der Waals surface area contributed by atoms with Gasteiger partial charge in [-0.15, -0.1) is 0 Å². The number of furan rings is 1. The number of ether oxygens (including phenoxy) is 1. The molecule has 0 radical (unpaired) electrons. The van der Waals surface area contributed by atoms with Crippen LogP contribution in [0.5, 0.6) is 5.75 Å². The number of imidazole rings is 1. The van der Waals surface area contributed by atoms with Crippen LogP contribution < -0.4 is 15.9 Å². The molecule has 0 N–H and O–H groups in total. The van der Waals surface area contributed by atoms with E-state index in [0.29, 0.717) is 40.9 Å². The topological polar surface area (TPSA) is 96.6 Å². The molecule has 0 spiro atoms. The van der Waals surface area contributed by atoms with Crippen molar-refractivity contribution < 1.29 is 18.4 Å². The normalized spacial score (nSPS) is 11.4. The molecule has 0 aliphatic heterocycles. The van der Waals surface area contributed by atoms with Gasteiger partial charge in [-0.25, -0.2) is 4.79 Å². The second-order valence-corrected chi connectivity index (χ2v) is 7.75. The molecule has 5 rings (SSSR count). The summed E-state index contributed by atoms with van der Waals surface area (Å²) < 4.78 is 20.4. The number of Topliss-reactive ketones (excluding diaryl/α,β-unsaturated/α-hetero) is 1. The summed E-state index contributed by atoms with van der Waals surface area (Å²) in [6.45, 7) is 4.42. The molecule has 0 aliphatic rings. The van der Waals surface area contributed by atoms with E-state index < -0.39 is 5.43 Å². The maximum absolute atomic E-state index is 13.1. The first-order chi connectivity index (χ1) is 16.5. The summed E-state index contributed by atoms with van der Waals surface area (Å²) in [4.78, 5) is 38.8. The Balaban J connectivity index is 1.52. The Morgan fingerprint density at radius 2 is 1.71 bits per heavy atom.